The predicted molar refractivity (Wildman–Crippen MR) is 86.4 cm³/mol. The van der Waals surface area contributed by atoms with Crippen LogP contribution in [0.3, 0.4) is 0 Å². The third-order valence-electron chi connectivity index (χ3n) is 3.73. The molecule has 0 aliphatic rings. The van der Waals surface area contributed by atoms with Gasteiger partial charge in [-0.05, 0) is 42.2 Å². The number of aliphatic hydroxyl groups is 1. The van der Waals surface area contributed by atoms with E-state index in [0.717, 1.165) is 5.56 Å². The molecule has 1 heterocycles. The zero-order chi connectivity index (χ0) is 17.0. The Labute approximate surface area is 134 Å². The first-order chi connectivity index (χ1) is 10.8. The largest absolute Gasteiger partial charge is 0.396 e. The first-order valence-electron chi connectivity index (χ1n) is 7.54. The Morgan fingerprint density at radius 2 is 2.00 bits per heavy atom. The van der Waals surface area contributed by atoms with Crippen molar-refractivity contribution in [2.45, 2.75) is 33.2 Å². The van der Waals surface area contributed by atoms with E-state index in [-0.39, 0.29) is 29.8 Å². The fourth-order valence-electron chi connectivity index (χ4n) is 2.29. The Morgan fingerprint density at radius 1 is 1.35 bits per heavy atom. The van der Waals surface area contributed by atoms with Crippen molar-refractivity contribution in [1.82, 2.24) is 15.5 Å². The minimum Gasteiger partial charge on any atom is -0.396 e. The number of nitrogens with one attached hydrogen (secondary N) is 2. The molecule has 1 amide bonds. The minimum absolute atomic E-state index is 0.00597. The number of amides is 1. The Kier molecular flexibility index (Phi) is 5.15. The maximum absolute atomic E-state index is 13.0. The summed E-state index contributed by atoms with van der Waals surface area (Å²) in [6.45, 7) is 6.02. The number of rotatable bonds is 5. The fraction of sp³-hybridized carbons (Fsp3) is 0.412. The Hall–Kier alpha value is -2.21. The van der Waals surface area contributed by atoms with E-state index in [1.54, 1.807) is 18.2 Å². The summed E-state index contributed by atoms with van der Waals surface area (Å²) in [5, 5.41) is 18.9. The summed E-state index contributed by atoms with van der Waals surface area (Å²) in [4.78, 5) is 12.4. The first kappa shape index (κ1) is 17.1. The molecule has 0 aliphatic carbocycles. The molecular formula is C17H22FN3O2. The normalized spacial score (nSPS) is 12.9. The Bertz CT molecular complexity index is 659. The number of aromatic nitrogens is 2. The third kappa shape index (κ3) is 4.39. The summed E-state index contributed by atoms with van der Waals surface area (Å²) in [6, 6.07) is 7.38. The van der Waals surface area contributed by atoms with Gasteiger partial charge in [0.05, 0.1) is 5.69 Å². The van der Waals surface area contributed by atoms with Gasteiger partial charge in [0.2, 0.25) is 0 Å². The van der Waals surface area contributed by atoms with Gasteiger partial charge in [0, 0.05) is 18.2 Å². The second-order valence-corrected chi connectivity index (χ2v) is 6.58. The van der Waals surface area contributed by atoms with E-state index in [2.05, 4.69) is 15.5 Å². The maximum Gasteiger partial charge on any atom is 0.269 e. The lowest BCUT2D eigenvalue weighted by molar-refractivity contribution is 0.0880. The lowest BCUT2D eigenvalue weighted by Gasteiger charge is -2.30. The van der Waals surface area contributed by atoms with Crippen LogP contribution < -0.4 is 5.32 Å². The van der Waals surface area contributed by atoms with Crippen LogP contribution in [-0.2, 0) is 0 Å². The van der Waals surface area contributed by atoms with Gasteiger partial charge in [-0.1, -0.05) is 20.8 Å². The number of hydrogen-bond donors (Lipinski definition) is 3. The molecule has 0 bridgehead atoms. The van der Waals surface area contributed by atoms with Crippen LogP contribution in [0.15, 0.2) is 30.3 Å². The van der Waals surface area contributed by atoms with Crippen LogP contribution in [0.4, 0.5) is 4.39 Å². The smallest absolute Gasteiger partial charge is 0.269 e. The van der Waals surface area contributed by atoms with Crippen molar-refractivity contribution < 1.29 is 14.3 Å². The molecule has 0 aliphatic heterocycles. The number of halogens is 1. The Balaban J connectivity index is 2.13. The molecule has 5 nitrogen and oxygen atoms in total. The number of aliphatic hydroxyl groups excluding tert-OH is 1. The zero-order valence-corrected chi connectivity index (χ0v) is 13.6. The van der Waals surface area contributed by atoms with Crippen molar-refractivity contribution in [3.8, 4) is 11.3 Å². The highest BCUT2D eigenvalue weighted by Gasteiger charge is 2.26. The van der Waals surface area contributed by atoms with E-state index in [4.69, 9.17) is 5.11 Å². The lowest BCUT2D eigenvalue weighted by Crippen LogP contribution is -2.44. The number of H-pyrrole nitrogens is 1. The van der Waals surface area contributed by atoms with Crippen LogP contribution in [0, 0.1) is 11.2 Å². The number of carbonyl (C=O) groups is 1. The molecule has 1 aromatic heterocycles. The molecule has 1 aromatic carbocycles. The summed E-state index contributed by atoms with van der Waals surface area (Å²) >= 11 is 0. The Morgan fingerprint density at radius 3 is 2.57 bits per heavy atom. The van der Waals surface area contributed by atoms with Crippen molar-refractivity contribution in [2.75, 3.05) is 6.61 Å². The molecular weight excluding hydrogens is 297 g/mol. The second kappa shape index (κ2) is 6.91. The molecule has 1 unspecified atom stereocenters. The predicted octanol–water partition coefficient (Wildman–Crippen LogP) is 2.74. The van der Waals surface area contributed by atoms with Gasteiger partial charge in [-0.3, -0.25) is 9.89 Å². The summed E-state index contributed by atoms with van der Waals surface area (Å²) in [7, 11) is 0. The van der Waals surface area contributed by atoms with Crippen LogP contribution in [0.25, 0.3) is 11.3 Å². The molecule has 0 saturated carbocycles. The highest BCUT2D eigenvalue weighted by molar-refractivity contribution is 5.93. The molecule has 0 radical (unpaired) electrons. The van der Waals surface area contributed by atoms with E-state index in [9.17, 15) is 9.18 Å². The lowest BCUT2D eigenvalue weighted by atomic mass is 9.85. The van der Waals surface area contributed by atoms with E-state index in [1.165, 1.54) is 12.1 Å². The van der Waals surface area contributed by atoms with Gasteiger partial charge in [-0.15, -0.1) is 0 Å². The van der Waals surface area contributed by atoms with Gasteiger partial charge in [-0.2, -0.15) is 5.10 Å². The van der Waals surface area contributed by atoms with Crippen molar-refractivity contribution in [3.63, 3.8) is 0 Å². The average Bonchev–Trinajstić information content (AvgIpc) is 2.96. The number of nitrogens with zero attached hydrogens (tertiary/aromatic N) is 1. The van der Waals surface area contributed by atoms with E-state index in [0.29, 0.717) is 17.8 Å². The maximum atomic E-state index is 13.0. The van der Waals surface area contributed by atoms with Crippen LogP contribution in [-0.4, -0.2) is 33.9 Å². The van der Waals surface area contributed by atoms with Gasteiger partial charge in [0.25, 0.3) is 5.91 Å². The minimum atomic E-state index is -0.320. The quantitative estimate of drug-likeness (QED) is 0.793. The highest BCUT2D eigenvalue weighted by atomic mass is 19.1. The highest BCUT2D eigenvalue weighted by Crippen LogP contribution is 2.22. The van der Waals surface area contributed by atoms with Gasteiger partial charge < -0.3 is 10.4 Å². The van der Waals surface area contributed by atoms with Crippen molar-refractivity contribution in [3.05, 3.63) is 41.8 Å². The summed E-state index contributed by atoms with van der Waals surface area (Å²) < 4.78 is 13.0. The number of carbonyl (C=O) groups excluding carboxylic acids is 1. The van der Waals surface area contributed by atoms with Crippen LogP contribution in [0.1, 0.15) is 37.7 Å². The van der Waals surface area contributed by atoms with Gasteiger partial charge in [0.15, 0.2) is 0 Å². The first-order valence-corrected chi connectivity index (χ1v) is 7.54. The molecule has 0 saturated heterocycles. The SMILES string of the molecule is CC(C)(C)C(CCO)NC(=O)c1cc(-c2ccc(F)cc2)n[nH]1. The van der Waals surface area contributed by atoms with Gasteiger partial charge in [0.1, 0.15) is 11.5 Å². The number of hydrogen-bond acceptors (Lipinski definition) is 3. The molecule has 6 heteroatoms. The van der Waals surface area contributed by atoms with Crippen LogP contribution >= 0.6 is 0 Å². The molecule has 3 N–H and O–H groups in total. The molecule has 2 aromatic rings. The standard InChI is InChI=1S/C17H22FN3O2/c1-17(2,3)15(8-9-22)19-16(23)14-10-13(20-21-14)11-4-6-12(18)7-5-11/h4-7,10,15,22H,8-9H2,1-3H3,(H,19,23)(H,20,21). The number of benzene rings is 1. The fourth-order valence-corrected chi connectivity index (χ4v) is 2.29. The van der Waals surface area contributed by atoms with Crippen LogP contribution in [0.2, 0.25) is 0 Å². The van der Waals surface area contributed by atoms with E-state index in [1.807, 2.05) is 20.8 Å². The molecule has 23 heavy (non-hydrogen) atoms. The van der Waals surface area contributed by atoms with Crippen molar-refractivity contribution in [1.29, 1.82) is 0 Å². The zero-order valence-electron chi connectivity index (χ0n) is 13.6. The molecule has 1 atom stereocenters. The van der Waals surface area contributed by atoms with Gasteiger partial charge in [-0.25, -0.2) is 4.39 Å². The molecule has 2 rings (SSSR count). The van der Waals surface area contributed by atoms with Crippen molar-refractivity contribution in [2.24, 2.45) is 5.41 Å². The average molecular weight is 319 g/mol. The molecule has 0 fully saturated rings. The summed E-state index contributed by atoms with van der Waals surface area (Å²) in [5.41, 5.74) is 1.46. The van der Waals surface area contributed by atoms with Gasteiger partial charge >= 0.3 is 0 Å². The summed E-state index contributed by atoms with van der Waals surface area (Å²) in [5.74, 6) is -0.599. The van der Waals surface area contributed by atoms with Crippen LogP contribution in [0.5, 0.6) is 0 Å². The van der Waals surface area contributed by atoms with E-state index >= 15 is 0 Å². The summed E-state index contributed by atoms with van der Waals surface area (Å²) in [6.07, 6.45) is 0.480. The third-order valence-corrected chi connectivity index (χ3v) is 3.73. The molecule has 124 valence electrons. The monoisotopic (exact) mass is 319 g/mol. The number of aromatic amines is 1. The molecule has 0 spiro atoms. The van der Waals surface area contributed by atoms with Crippen molar-refractivity contribution >= 4 is 5.91 Å². The second-order valence-electron chi connectivity index (χ2n) is 6.58. The topological polar surface area (TPSA) is 78.0 Å². The van der Waals surface area contributed by atoms with E-state index < -0.39 is 0 Å².